The molecule has 0 bridgehead atoms. The van der Waals surface area contributed by atoms with Crippen molar-refractivity contribution in [2.75, 3.05) is 13.1 Å². The quantitative estimate of drug-likeness (QED) is 0.860. The molecule has 5 heteroatoms. The summed E-state index contributed by atoms with van der Waals surface area (Å²) in [6.07, 6.45) is 6.58. The molecule has 1 aromatic rings. The summed E-state index contributed by atoms with van der Waals surface area (Å²) in [5, 5.41) is 13.4. The van der Waals surface area contributed by atoms with Crippen LogP contribution in [0.3, 0.4) is 0 Å². The molecule has 1 fully saturated rings. The zero-order valence-electron chi connectivity index (χ0n) is 10.8. The Hall–Kier alpha value is -1.36. The van der Waals surface area contributed by atoms with E-state index in [0.717, 1.165) is 32.5 Å². The average molecular weight is 251 g/mol. The Morgan fingerprint density at radius 2 is 2.22 bits per heavy atom. The topological polar surface area (TPSA) is 58.4 Å². The Morgan fingerprint density at radius 1 is 1.50 bits per heavy atom. The molecule has 0 aliphatic carbocycles. The Balaban J connectivity index is 1.82. The van der Waals surface area contributed by atoms with E-state index < -0.39 is 5.97 Å². The van der Waals surface area contributed by atoms with E-state index in [2.05, 4.69) is 10.00 Å². The van der Waals surface area contributed by atoms with Crippen LogP contribution < -0.4 is 0 Å². The van der Waals surface area contributed by atoms with Gasteiger partial charge in [-0.25, -0.2) is 0 Å². The molecule has 1 aliphatic heterocycles. The first-order valence-electron chi connectivity index (χ1n) is 6.65. The first-order valence-corrected chi connectivity index (χ1v) is 6.65. The minimum absolute atomic E-state index is 0.310. The van der Waals surface area contributed by atoms with Gasteiger partial charge in [-0.3, -0.25) is 14.4 Å². The molecule has 1 N–H and O–H groups in total. The highest BCUT2D eigenvalue weighted by Gasteiger charge is 2.28. The molecule has 100 valence electrons. The number of aliphatic carboxylic acids is 1. The number of carbonyl (C=O) groups is 1. The van der Waals surface area contributed by atoms with Crippen molar-refractivity contribution in [1.82, 2.24) is 14.7 Å². The van der Waals surface area contributed by atoms with Crippen LogP contribution in [-0.2, 0) is 11.3 Å². The lowest BCUT2D eigenvalue weighted by Gasteiger charge is -2.35. The summed E-state index contributed by atoms with van der Waals surface area (Å²) in [7, 11) is 0. The molecule has 1 saturated heterocycles. The van der Waals surface area contributed by atoms with Gasteiger partial charge in [0.05, 0.1) is 0 Å². The van der Waals surface area contributed by atoms with Gasteiger partial charge >= 0.3 is 5.97 Å². The number of hydrogen-bond donors (Lipinski definition) is 1. The highest BCUT2D eigenvalue weighted by molar-refractivity contribution is 5.73. The third-order valence-electron chi connectivity index (χ3n) is 3.77. The normalized spacial score (nSPS) is 19.8. The maximum atomic E-state index is 11.1. The lowest BCUT2D eigenvalue weighted by Crippen LogP contribution is -2.45. The van der Waals surface area contributed by atoms with Gasteiger partial charge < -0.3 is 5.11 Å². The monoisotopic (exact) mass is 251 g/mol. The van der Waals surface area contributed by atoms with Gasteiger partial charge in [0.15, 0.2) is 0 Å². The van der Waals surface area contributed by atoms with Crippen LogP contribution in [0.5, 0.6) is 0 Å². The van der Waals surface area contributed by atoms with Crippen molar-refractivity contribution in [2.45, 2.75) is 38.8 Å². The second-order valence-electron chi connectivity index (χ2n) is 4.97. The number of nitrogens with zero attached hydrogens (tertiary/aromatic N) is 3. The second kappa shape index (κ2) is 6.00. The first kappa shape index (κ1) is 13.1. The van der Waals surface area contributed by atoms with Crippen LogP contribution in [0.1, 0.15) is 26.2 Å². The molecular weight excluding hydrogens is 230 g/mol. The van der Waals surface area contributed by atoms with Gasteiger partial charge in [0.2, 0.25) is 0 Å². The van der Waals surface area contributed by atoms with Crippen LogP contribution in [0.15, 0.2) is 18.5 Å². The van der Waals surface area contributed by atoms with E-state index >= 15 is 0 Å². The Bertz CT molecular complexity index is 370. The Labute approximate surface area is 107 Å². The summed E-state index contributed by atoms with van der Waals surface area (Å²) in [6, 6.07) is 1.63. The van der Waals surface area contributed by atoms with E-state index in [9.17, 15) is 4.79 Å². The number of carboxylic acids is 1. The highest BCUT2D eigenvalue weighted by Crippen LogP contribution is 2.21. The van der Waals surface area contributed by atoms with Crippen molar-refractivity contribution < 1.29 is 9.90 Å². The third kappa shape index (κ3) is 3.10. The van der Waals surface area contributed by atoms with E-state index in [0.29, 0.717) is 12.3 Å². The summed E-state index contributed by atoms with van der Waals surface area (Å²) in [6.45, 7) is 4.66. The van der Waals surface area contributed by atoms with Crippen molar-refractivity contribution in [3.8, 4) is 0 Å². The van der Waals surface area contributed by atoms with E-state index in [1.165, 1.54) is 0 Å². The molecule has 1 aromatic heterocycles. The molecular formula is C13H21N3O2. The molecule has 1 aliphatic rings. The third-order valence-corrected chi connectivity index (χ3v) is 3.77. The van der Waals surface area contributed by atoms with Crippen molar-refractivity contribution in [1.29, 1.82) is 0 Å². The predicted molar refractivity (Wildman–Crippen MR) is 68.2 cm³/mol. The van der Waals surface area contributed by atoms with Gasteiger partial charge in [-0.15, -0.1) is 0 Å². The van der Waals surface area contributed by atoms with Gasteiger partial charge in [0.25, 0.3) is 0 Å². The average Bonchev–Trinajstić information content (AvgIpc) is 2.84. The summed E-state index contributed by atoms with van der Waals surface area (Å²) < 4.78 is 1.97. The Morgan fingerprint density at radius 3 is 2.72 bits per heavy atom. The number of carboxylic acid groups (broad SMARTS) is 1. The van der Waals surface area contributed by atoms with Gasteiger partial charge in [-0.1, -0.05) is 6.92 Å². The smallest absolute Gasteiger partial charge is 0.320 e. The minimum atomic E-state index is -0.692. The fourth-order valence-corrected chi connectivity index (χ4v) is 2.71. The molecule has 0 unspecified atom stereocenters. The van der Waals surface area contributed by atoms with Crippen LogP contribution in [0, 0.1) is 5.92 Å². The van der Waals surface area contributed by atoms with Gasteiger partial charge in [-0.2, -0.15) is 5.10 Å². The molecule has 5 nitrogen and oxygen atoms in total. The van der Waals surface area contributed by atoms with Crippen LogP contribution >= 0.6 is 0 Å². The SMILES string of the molecule is CC[C@@H](C(=O)O)N1CCC(Cn2cccn2)CC1. The molecule has 1 atom stereocenters. The van der Waals surface area contributed by atoms with Gasteiger partial charge in [-0.05, 0) is 44.3 Å². The Kier molecular flexibility index (Phi) is 4.36. The van der Waals surface area contributed by atoms with Crippen molar-refractivity contribution in [3.05, 3.63) is 18.5 Å². The van der Waals surface area contributed by atoms with Crippen molar-refractivity contribution >= 4 is 5.97 Å². The molecule has 2 heterocycles. The van der Waals surface area contributed by atoms with Crippen molar-refractivity contribution in [2.24, 2.45) is 5.92 Å². The van der Waals surface area contributed by atoms with Crippen LogP contribution in [0.2, 0.25) is 0 Å². The number of rotatable bonds is 5. The molecule has 0 saturated carbocycles. The van der Waals surface area contributed by atoms with E-state index in [1.54, 1.807) is 6.20 Å². The number of likely N-dealkylation sites (tertiary alicyclic amines) is 1. The number of hydrogen-bond acceptors (Lipinski definition) is 3. The molecule has 0 amide bonds. The fraction of sp³-hybridized carbons (Fsp3) is 0.692. The van der Waals surface area contributed by atoms with Gasteiger partial charge in [0, 0.05) is 18.9 Å². The summed E-state index contributed by atoms with van der Waals surface area (Å²) in [5.41, 5.74) is 0. The molecule has 2 rings (SSSR count). The van der Waals surface area contributed by atoms with E-state index in [4.69, 9.17) is 5.11 Å². The number of piperidine rings is 1. The minimum Gasteiger partial charge on any atom is -0.480 e. The van der Waals surface area contributed by atoms with E-state index in [1.807, 2.05) is 23.9 Å². The lowest BCUT2D eigenvalue weighted by atomic mass is 9.95. The van der Waals surface area contributed by atoms with Crippen molar-refractivity contribution in [3.63, 3.8) is 0 Å². The van der Waals surface area contributed by atoms with Crippen LogP contribution in [0.4, 0.5) is 0 Å². The van der Waals surface area contributed by atoms with Gasteiger partial charge in [0.1, 0.15) is 6.04 Å². The summed E-state index contributed by atoms with van der Waals surface area (Å²) in [5.74, 6) is -0.0736. The first-order chi connectivity index (χ1) is 8.70. The molecule has 0 aromatic carbocycles. The fourth-order valence-electron chi connectivity index (χ4n) is 2.71. The summed E-state index contributed by atoms with van der Waals surface area (Å²) >= 11 is 0. The lowest BCUT2D eigenvalue weighted by molar-refractivity contribution is -0.144. The predicted octanol–water partition coefficient (Wildman–Crippen LogP) is 1.46. The zero-order chi connectivity index (χ0) is 13.0. The second-order valence-corrected chi connectivity index (χ2v) is 4.97. The van der Waals surface area contributed by atoms with Crippen LogP contribution in [0.25, 0.3) is 0 Å². The highest BCUT2D eigenvalue weighted by atomic mass is 16.4. The maximum absolute atomic E-state index is 11.1. The van der Waals surface area contributed by atoms with Crippen LogP contribution in [-0.4, -0.2) is 44.9 Å². The largest absolute Gasteiger partial charge is 0.480 e. The zero-order valence-corrected chi connectivity index (χ0v) is 10.8. The summed E-state index contributed by atoms with van der Waals surface area (Å²) in [4.78, 5) is 13.2. The molecule has 0 spiro atoms. The number of aromatic nitrogens is 2. The maximum Gasteiger partial charge on any atom is 0.320 e. The molecule has 18 heavy (non-hydrogen) atoms. The standard InChI is InChI=1S/C13H21N3O2/c1-2-12(13(17)18)15-8-4-11(5-9-15)10-16-7-3-6-14-16/h3,6-7,11-12H,2,4-5,8-10H2,1H3,(H,17,18)/t12-/m0/s1. The molecule has 0 radical (unpaired) electrons. The van der Waals surface area contributed by atoms with E-state index in [-0.39, 0.29) is 6.04 Å².